The molecule has 0 radical (unpaired) electrons. The second kappa shape index (κ2) is 7.73. The van der Waals surface area contributed by atoms with E-state index in [-0.39, 0.29) is 5.91 Å². The Hall–Kier alpha value is -2.29. The minimum atomic E-state index is -0.584. The number of hydrogen-bond donors (Lipinski definition) is 2. The van der Waals surface area contributed by atoms with Crippen molar-refractivity contribution < 1.29 is 4.79 Å². The molecule has 0 aromatic heterocycles. The molecule has 0 spiro atoms. The lowest BCUT2D eigenvalue weighted by molar-refractivity contribution is -0.120. The van der Waals surface area contributed by atoms with E-state index in [0.717, 1.165) is 16.9 Å². The molecule has 1 aliphatic rings. The van der Waals surface area contributed by atoms with Crippen LogP contribution in [0.4, 0.5) is 11.4 Å². The summed E-state index contributed by atoms with van der Waals surface area (Å²) in [6.45, 7) is 3.93. The van der Waals surface area contributed by atoms with Crippen molar-refractivity contribution in [1.29, 1.82) is 0 Å². The molecule has 2 aromatic rings. The van der Waals surface area contributed by atoms with E-state index in [4.69, 9.17) is 0 Å². The highest BCUT2D eigenvalue weighted by Gasteiger charge is 2.29. The summed E-state index contributed by atoms with van der Waals surface area (Å²) in [5.41, 5.74) is 2.42. The molecule has 1 saturated carbocycles. The lowest BCUT2D eigenvalue weighted by Crippen LogP contribution is -2.34. The molecule has 2 aromatic carbocycles. The molecule has 3 heteroatoms. The summed E-state index contributed by atoms with van der Waals surface area (Å²) in [6.07, 6.45) is 6.52. The molecular weight excluding hydrogens is 308 g/mol. The van der Waals surface area contributed by atoms with Crippen molar-refractivity contribution in [1.82, 2.24) is 0 Å². The van der Waals surface area contributed by atoms with E-state index in [9.17, 15) is 4.79 Å². The average molecular weight is 336 g/mol. The van der Waals surface area contributed by atoms with Gasteiger partial charge in [0.05, 0.1) is 5.41 Å². The van der Waals surface area contributed by atoms with Gasteiger partial charge in [-0.15, -0.1) is 0 Å². The van der Waals surface area contributed by atoms with Gasteiger partial charge < -0.3 is 10.6 Å². The first-order chi connectivity index (χ1) is 12.1. The van der Waals surface area contributed by atoms with Crippen molar-refractivity contribution in [2.24, 2.45) is 0 Å². The van der Waals surface area contributed by atoms with Crippen LogP contribution < -0.4 is 10.6 Å². The van der Waals surface area contributed by atoms with Crippen LogP contribution in [0, 0.1) is 0 Å². The first kappa shape index (κ1) is 17.5. The summed E-state index contributed by atoms with van der Waals surface area (Å²) in [4.78, 5) is 12.7. The maximum Gasteiger partial charge on any atom is 0.234 e. The molecule has 0 aliphatic heterocycles. The predicted molar refractivity (Wildman–Crippen MR) is 105 cm³/mol. The number of hydrogen-bond acceptors (Lipinski definition) is 2. The molecule has 1 aliphatic carbocycles. The van der Waals surface area contributed by atoms with Crippen molar-refractivity contribution in [3.63, 3.8) is 0 Å². The third-order valence-corrected chi connectivity index (χ3v) is 5.18. The minimum absolute atomic E-state index is 0.00619. The van der Waals surface area contributed by atoms with E-state index in [0.29, 0.717) is 6.04 Å². The maximum absolute atomic E-state index is 12.7. The zero-order valence-corrected chi connectivity index (χ0v) is 15.2. The van der Waals surface area contributed by atoms with Gasteiger partial charge >= 0.3 is 0 Å². The van der Waals surface area contributed by atoms with E-state index in [1.807, 2.05) is 44.2 Å². The zero-order valence-electron chi connectivity index (χ0n) is 15.2. The number of carbonyl (C=O) groups excluding carboxylic acids is 1. The highest BCUT2D eigenvalue weighted by atomic mass is 16.2. The van der Waals surface area contributed by atoms with Gasteiger partial charge in [-0.05, 0) is 56.5 Å². The monoisotopic (exact) mass is 336 g/mol. The quantitative estimate of drug-likeness (QED) is 0.773. The molecule has 0 saturated heterocycles. The standard InChI is InChI=1S/C22H28N2O/c1-22(2,21(25)24-19-11-7-4-8-12-19)17-13-15-20(16-14-17)23-18-9-5-3-6-10-18/h4,7-8,11-16,18,23H,3,5-6,9-10H2,1-2H3,(H,24,25). The van der Waals surface area contributed by atoms with Crippen LogP contribution in [-0.4, -0.2) is 11.9 Å². The smallest absolute Gasteiger partial charge is 0.234 e. The Morgan fingerprint density at radius 3 is 2.16 bits per heavy atom. The normalized spacial score (nSPS) is 15.6. The fourth-order valence-electron chi connectivity index (χ4n) is 3.41. The lowest BCUT2D eigenvalue weighted by Gasteiger charge is -2.26. The molecule has 132 valence electrons. The molecule has 25 heavy (non-hydrogen) atoms. The topological polar surface area (TPSA) is 41.1 Å². The summed E-state index contributed by atoms with van der Waals surface area (Å²) >= 11 is 0. The van der Waals surface area contributed by atoms with Crippen LogP contribution in [0.1, 0.15) is 51.5 Å². The highest BCUT2D eigenvalue weighted by molar-refractivity contribution is 5.98. The number of carbonyl (C=O) groups is 1. The number of rotatable bonds is 5. The minimum Gasteiger partial charge on any atom is -0.382 e. The van der Waals surface area contributed by atoms with Crippen molar-refractivity contribution in [2.75, 3.05) is 10.6 Å². The molecule has 0 atom stereocenters. The molecule has 2 N–H and O–H groups in total. The van der Waals surface area contributed by atoms with Gasteiger partial charge in [0.25, 0.3) is 0 Å². The van der Waals surface area contributed by atoms with Gasteiger partial charge in [0.15, 0.2) is 0 Å². The number of anilines is 2. The molecule has 0 unspecified atom stereocenters. The number of nitrogens with one attached hydrogen (secondary N) is 2. The van der Waals surface area contributed by atoms with Crippen molar-refractivity contribution in [3.8, 4) is 0 Å². The molecule has 3 nitrogen and oxygen atoms in total. The first-order valence-electron chi connectivity index (χ1n) is 9.29. The van der Waals surface area contributed by atoms with Gasteiger partial charge in [-0.25, -0.2) is 0 Å². The SMILES string of the molecule is CC(C)(C(=O)Nc1ccccc1)c1ccc(NC2CCCCC2)cc1. The molecule has 3 rings (SSSR count). The van der Waals surface area contributed by atoms with Gasteiger partial charge in [0.2, 0.25) is 5.91 Å². The van der Waals surface area contributed by atoms with Crippen LogP contribution in [0.2, 0.25) is 0 Å². The van der Waals surface area contributed by atoms with Crippen molar-refractivity contribution in [2.45, 2.75) is 57.4 Å². The maximum atomic E-state index is 12.7. The summed E-state index contributed by atoms with van der Waals surface area (Å²) in [7, 11) is 0. The highest BCUT2D eigenvalue weighted by Crippen LogP contribution is 2.28. The fourth-order valence-corrected chi connectivity index (χ4v) is 3.41. The third kappa shape index (κ3) is 4.41. The summed E-state index contributed by atoms with van der Waals surface area (Å²) in [5, 5.41) is 6.63. The summed E-state index contributed by atoms with van der Waals surface area (Å²) in [6, 6.07) is 18.5. The Morgan fingerprint density at radius 2 is 1.52 bits per heavy atom. The third-order valence-electron chi connectivity index (χ3n) is 5.18. The van der Waals surface area contributed by atoms with Gasteiger partial charge in [-0.2, -0.15) is 0 Å². The van der Waals surface area contributed by atoms with Gasteiger partial charge in [-0.1, -0.05) is 49.6 Å². The van der Waals surface area contributed by atoms with E-state index in [2.05, 4.69) is 34.9 Å². The Balaban J connectivity index is 1.66. The van der Waals surface area contributed by atoms with Gasteiger partial charge in [0, 0.05) is 17.4 Å². The van der Waals surface area contributed by atoms with E-state index < -0.39 is 5.41 Å². The average Bonchev–Trinajstić information content (AvgIpc) is 2.64. The zero-order chi connectivity index (χ0) is 17.7. The second-order valence-electron chi connectivity index (χ2n) is 7.50. The van der Waals surface area contributed by atoms with E-state index in [1.165, 1.54) is 32.1 Å². The number of para-hydroxylation sites is 1. The Kier molecular flexibility index (Phi) is 5.42. The van der Waals surface area contributed by atoms with E-state index >= 15 is 0 Å². The molecule has 1 amide bonds. The van der Waals surface area contributed by atoms with Crippen LogP contribution in [0.3, 0.4) is 0 Å². The van der Waals surface area contributed by atoms with Crippen LogP contribution in [0.5, 0.6) is 0 Å². The molecule has 0 bridgehead atoms. The summed E-state index contributed by atoms with van der Waals surface area (Å²) in [5.74, 6) is 0.00619. The van der Waals surface area contributed by atoms with Crippen LogP contribution in [-0.2, 0) is 10.2 Å². The molecular formula is C22H28N2O. The predicted octanol–water partition coefficient (Wildman–Crippen LogP) is 5.35. The number of amides is 1. The van der Waals surface area contributed by atoms with Crippen molar-refractivity contribution in [3.05, 3.63) is 60.2 Å². The molecule has 1 fully saturated rings. The van der Waals surface area contributed by atoms with Crippen molar-refractivity contribution >= 4 is 17.3 Å². The van der Waals surface area contributed by atoms with Gasteiger partial charge in [-0.3, -0.25) is 4.79 Å². The lowest BCUT2D eigenvalue weighted by atomic mass is 9.83. The Labute approximate surface area is 150 Å². The number of benzene rings is 2. The Bertz CT molecular complexity index is 686. The largest absolute Gasteiger partial charge is 0.382 e. The first-order valence-corrected chi connectivity index (χ1v) is 9.29. The van der Waals surface area contributed by atoms with E-state index in [1.54, 1.807) is 0 Å². The summed E-state index contributed by atoms with van der Waals surface area (Å²) < 4.78 is 0. The fraction of sp³-hybridized carbons (Fsp3) is 0.409. The van der Waals surface area contributed by atoms with Crippen LogP contribution in [0.25, 0.3) is 0 Å². The molecule has 0 heterocycles. The van der Waals surface area contributed by atoms with Gasteiger partial charge in [0.1, 0.15) is 0 Å². The second-order valence-corrected chi connectivity index (χ2v) is 7.50. The van der Waals surface area contributed by atoms with Crippen LogP contribution >= 0.6 is 0 Å². The van der Waals surface area contributed by atoms with Crippen LogP contribution in [0.15, 0.2) is 54.6 Å². The Morgan fingerprint density at radius 1 is 0.880 bits per heavy atom.